The van der Waals surface area contributed by atoms with Gasteiger partial charge in [-0.2, -0.15) is 5.10 Å². The van der Waals surface area contributed by atoms with E-state index < -0.39 is 0 Å². The number of aromatic nitrogens is 3. The minimum atomic E-state index is 0.0281. The second-order valence-corrected chi connectivity index (χ2v) is 4.95. The summed E-state index contributed by atoms with van der Waals surface area (Å²) in [6.45, 7) is 5.21. The summed E-state index contributed by atoms with van der Waals surface area (Å²) in [7, 11) is 0. The first-order valence-corrected chi connectivity index (χ1v) is 6.78. The first-order valence-electron chi connectivity index (χ1n) is 5.90. The summed E-state index contributed by atoms with van der Waals surface area (Å²) in [5.41, 5.74) is 1.46. The number of nitrogens with one attached hydrogen (secondary N) is 1. The fourth-order valence-corrected chi connectivity index (χ4v) is 2.36. The molecule has 96 valence electrons. The summed E-state index contributed by atoms with van der Waals surface area (Å²) in [5.74, 6) is 0.0281. The Morgan fingerprint density at radius 1 is 1.56 bits per heavy atom. The largest absolute Gasteiger partial charge is 0.338 e. The third-order valence-electron chi connectivity index (χ3n) is 2.81. The number of hydrogen-bond acceptors (Lipinski definition) is 4. The Balaban J connectivity index is 2.00. The Labute approximate surface area is 110 Å². The summed E-state index contributed by atoms with van der Waals surface area (Å²) in [5, 5.41) is 9.69. The molecule has 1 N–H and O–H groups in total. The molecule has 0 spiro atoms. The Morgan fingerprint density at radius 3 is 2.94 bits per heavy atom. The number of likely N-dealkylation sites (N-methyl/N-ethyl adjacent to an activating group) is 1. The zero-order chi connectivity index (χ0) is 13.0. The SMILES string of the molecule is CCN(CCc1nccs1)C(=O)c1cn[nH]c1C. The van der Waals surface area contributed by atoms with E-state index in [1.807, 2.05) is 24.1 Å². The zero-order valence-electron chi connectivity index (χ0n) is 10.5. The lowest BCUT2D eigenvalue weighted by Crippen LogP contribution is -2.32. The van der Waals surface area contributed by atoms with Crippen LogP contribution in [-0.2, 0) is 6.42 Å². The monoisotopic (exact) mass is 264 g/mol. The average molecular weight is 264 g/mol. The van der Waals surface area contributed by atoms with Gasteiger partial charge in [-0.05, 0) is 13.8 Å². The second kappa shape index (κ2) is 5.77. The van der Waals surface area contributed by atoms with Crippen molar-refractivity contribution in [1.29, 1.82) is 0 Å². The summed E-state index contributed by atoms with van der Waals surface area (Å²) in [4.78, 5) is 18.3. The van der Waals surface area contributed by atoms with Gasteiger partial charge in [-0.1, -0.05) is 0 Å². The topological polar surface area (TPSA) is 61.9 Å². The van der Waals surface area contributed by atoms with Crippen molar-refractivity contribution in [2.24, 2.45) is 0 Å². The van der Waals surface area contributed by atoms with Crippen LogP contribution in [0.4, 0.5) is 0 Å². The molecule has 5 nitrogen and oxygen atoms in total. The van der Waals surface area contributed by atoms with Gasteiger partial charge in [-0.3, -0.25) is 9.89 Å². The number of thiazole rings is 1. The number of amides is 1. The molecule has 0 aliphatic carbocycles. The second-order valence-electron chi connectivity index (χ2n) is 3.97. The highest BCUT2D eigenvalue weighted by Crippen LogP contribution is 2.10. The normalized spacial score (nSPS) is 10.6. The summed E-state index contributed by atoms with van der Waals surface area (Å²) >= 11 is 1.62. The van der Waals surface area contributed by atoms with Gasteiger partial charge in [-0.15, -0.1) is 11.3 Å². The molecule has 2 aromatic rings. The lowest BCUT2D eigenvalue weighted by atomic mass is 10.2. The van der Waals surface area contributed by atoms with E-state index in [0.717, 1.165) is 17.1 Å². The van der Waals surface area contributed by atoms with Gasteiger partial charge in [0.2, 0.25) is 0 Å². The Kier molecular flexibility index (Phi) is 4.09. The maximum absolute atomic E-state index is 12.3. The minimum Gasteiger partial charge on any atom is -0.338 e. The van der Waals surface area contributed by atoms with Gasteiger partial charge in [-0.25, -0.2) is 4.98 Å². The molecular weight excluding hydrogens is 248 g/mol. The van der Waals surface area contributed by atoms with E-state index >= 15 is 0 Å². The molecule has 0 unspecified atom stereocenters. The fraction of sp³-hybridized carbons (Fsp3) is 0.417. The van der Waals surface area contributed by atoms with Crippen LogP contribution < -0.4 is 0 Å². The van der Waals surface area contributed by atoms with E-state index in [0.29, 0.717) is 18.7 Å². The molecule has 18 heavy (non-hydrogen) atoms. The molecule has 0 aliphatic heterocycles. The van der Waals surface area contributed by atoms with E-state index in [9.17, 15) is 4.79 Å². The molecule has 0 aliphatic rings. The van der Waals surface area contributed by atoms with Gasteiger partial charge in [0.1, 0.15) is 0 Å². The van der Waals surface area contributed by atoms with Crippen LogP contribution in [0.3, 0.4) is 0 Å². The molecule has 0 fully saturated rings. The van der Waals surface area contributed by atoms with Crippen molar-refractivity contribution in [2.75, 3.05) is 13.1 Å². The molecule has 2 rings (SSSR count). The zero-order valence-corrected chi connectivity index (χ0v) is 11.3. The van der Waals surface area contributed by atoms with Gasteiger partial charge in [0.15, 0.2) is 0 Å². The van der Waals surface area contributed by atoms with E-state index in [1.54, 1.807) is 23.7 Å². The molecule has 0 radical (unpaired) electrons. The number of rotatable bonds is 5. The van der Waals surface area contributed by atoms with Crippen molar-refractivity contribution in [3.8, 4) is 0 Å². The number of carbonyl (C=O) groups excluding carboxylic acids is 1. The van der Waals surface area contributed by atoms with E-state index in [1.165, 1.54) is 0 Å². The Morgan fingerprint density at radius 2 is 2.39 bits per heavy atom. The molecule has 0 aromatic carbocycles. The average Bonchev–Trinajstić information content (AvgIpc) is 3.00. The number of aromatic amines is 1. The fourth-order valence-electron chi connectivity index (χ4n) is 1.75. The maximum Gasteiger partial charge on any atom is 0.257 e. The van der Waals surface area contributed by atoms with Gasteiger partial charge in [0, 0.05) is 36.8 Å². The summed E-state index contributed by atoms with van der Waals surface area (Å²) < 4.78 is 0. The van der Waals surface area contributed by atoms with Crippen molar-refractivity contribution in [3.63, 3.8) is 0 Å². The Hall–Kier alpha value is -1.69. The van der Waals surface area contributed by atoms with Crippen LogP contribution in [0.1, 0.15) is 28.0 Å². The van der Waals surface area contributed by atoms with E-state index in [2.05, 4.69) is 15.2 Å². The van der Waals surface area contributed by atoms with Crippen molar-refractivity contribution < 1.29 is 4.79 Å². The van der Waals surface area contributed by atoms with Gasteiger partial charge >= 0.3 is 0 Å². The highest BCUT2D eigenvalue weighted by atomic mass is 32.1. The standard InChI is InChI=1S/C12H16N4OS/c1-3-16(6-4-11-13-5-7-18-11)12(17)10-8-14-15-9(10)2/h5,7-8H,3-4,6H2,1-2H3,(H,14,15). The first-order chi connectivity index (χ1) is 8.72. The molecule has 0 saturated heterocycles. The maximum atomic E-state index is 12.3. The van der Waals surface area contributed by atoms with E-state index in [-0.39, 0.29) is 5.91 Å². The third-order valence-corrected chi connectivity index (χ3v) is 3.65. The van der Waals surface area contributed by atoms with Crippen molar-refractivity contribution >= 4 is 17.2 Å². The Bertz CT molecular complexity index is 506. The lowest BCUT2D eigenvalue weighted by molar-refractivity contribution is 0.0765. The van der Waals surface area contributed by atoms with Crippen LogP contribution in [0.5, 0.6) is 0 Å². The molecule has 0 atom stereocenters. The number of carbonyl (C=O) groups is 1. The van der Waals surface area contributed by atoms with Crippen molar-refractivity contribution in [2.45, 2.75) is 20.3 Å². The number of H-pyrrole nitrogens is 1. The van der Waals surface area contributed by atoms with Gasteiger partial charge in [0.05, 0.1) is 16.8 Å². The van der Waals surface area contributed by atoms with Crippen LogP contribution >= 0.6 is 11.3 Å². The minimum absolute atomic E-state index is 0.0281. The van der Waals surface area contributed by atoms with Crippen LogP contribution in [-0.4, -0.2) is 39.1 Å². The number of nitrogens with zero attached hydrogens (tertiary/aromatic N) is 3. The quantitative estimate of drug-likeness (QED) is 0.897. The summed E-state index contributed by atoms with van der Waals surface area (Å²) in [6, 6.07) is 0. The molecule has 0 saturated carbocycles. The van der Waals surface area contributed by atoms with Gasteiger partial charge in [0.25, 0.3) is 5.91 Å². The van der Waals surface area contributed by atoms with Crippen LogP contribution in [0.15, 0.2) is 17.8 Å². The predicted molar refractivity (Wildman–Crippen MR) is 70.7 cm³/mol. The molecule has 0 bridgehead atoms. The highest BCUT2D eigenvalue weighted by molar-refractivity contribution is 7.09. The molecule has 2 aromatic heterocycles. The molecule has 1 amide bonds. The molecule has 6 heteroatoms. The molecule has 2 heterocycles. The van der Waals surface area contributed by atoms with E-state index in [4.69, 9.17) is 0 Å². The number of hydrogen-bond donors (Lipinski definition) is 1. The van der Waals surface area contributed by atoms with Crippen LogP contribution in [0.2, 0.25) is 0 Å². The number of aryl methyl sites for hydroxylation is 1. The predicted octanol–water partition coefficient (Wildman–Crippen LogP) is 1.88. The third kappa shape index (κ3) is 2.76. The first kappa shape index (κ1) is 12.8. The highest BCUT2D eigenvalue weighted by Gasteiger charge is 2.17. The lowest BCUT2D eigenvalue weighted by Gasteiger charge is -2.19. The van der Waals surface area contributed by atoms with Crippen LogP contribution in [0, 0.1) is 6.92 Å². The van der Waals surface area contributed by atoms with Crippen LogP contribution in [0.25, 0.3) is 0 Å². The van der Waals surface area contributed by atoms with Crippen molar-refractivity contribution in [3.05, 3.63) is 34.0 Å². The smallest absolute Gasteiger partial charge is 0.257 e. The van der Waals surface area contributed by atoms with Crippen molar-refractivity contribution in [1.82, 2.24) is 20.1 Å². The van der Waals surface area contributed by atoms with Gasteiger partial charge < -0.3 is 4.90 Å². The molecular formula is C12H16N4OS. The summed E-state index contributed by atoms with van der Waals surface area (Å²) in [6.07, 6.45) is 4.18.